The Bertz CT molecular complexity index is 864. The molecule has 3 aromatic rings. The Kier molecular flexibility index (Phi) is 4.56. The van der Waals surface area contributed by atoms with Crippen LogP contribution in [-0.2, 0) is 0 Å². The standard InChI is InChI=1S/C20H17BrClN/c1-12-7-13(2)20(14(3)8-12)19-10-17(18(22)11-23-19)15-5-4-6-16(21)9-15/h4-11H,1-3H3. The van der Waals surface area contributed by atoms with Gasteiger partial charge in [0.25, 0.3) is 0 Å². The van der Waals surface area contributed by atoms with E-state index in [9.17, 15) is 0 Å². The van der Waals surface area contributed by atoms with Gasteiger partial charge >= 0.3 is 0 Å². The third kappa shape index (κ3) is 3.34. The topological polar surface area (TPSA) is 12.9 Å². The number of halogens is 2. The van der Waals surface area contributed by atoms with E-state index in [-0.39, 0.29) is 0 Å². The first kappa shape index (κ1) is 16.2. The molecule has 0 bridgehead atoms. The van der Waals surface area contributed by atoms with E-state index in [0.717, 1.165) is 21.3 Å². The highest BCUT2D eigenvalue weighted by Crippen LogP contribution is 2.34. The van der Waals surface area contributed by atoms with E-state index >= 15 is 0 Å². The van der Waals surface area contributed by atoms with Crippen molar-refractivity contribution >= 4 is 27.5 Å². The largest absolute Gasteiger partial charge is 0.255 e. The van der Waals surface area contributed by atoms with Crippen molar-refractivity contribution in [2.24, 2.45) is 0 Å². The van der Waals surface area contributed by atoms with Crippen LogP contribution in [0.3, 0.4) is 0 Å². The number of pyridine rings is 1. The SMILES string of the molecule is Cc1cc(C)c(-c2cc(-c3cccc(Br)c3)c(Cl)cn2)c(C)c1. The monoisotopic (exact) mass is 385 g/mol. The highest BCUT2D eigenvalue weighted by atomic mass is 79.9. The highest BCUT2D eigenvalue weighted by Gasteiger charge is 2.12. The Morgan fingerprint density at radius 1 is 0.957 bits per heavy atom. The molecule has 2 aromatic carbocycles. The van der Waals surface area contributed by atoms with Crippen LogP contribution < -0.4 is 0 Å². The summed E-state index contributed by atoms with van der Waals surface area (Å²) in [5.74, 6) is 0. The molecule has 0 saturated heterocycles. The lowest BCUT2D eigenvalue weighted by atomic mass is 9.95. The van der Waals surface area contributed by atoms with E-state index in [0.29, 0.717) is 5.02 Å². The summed E-state index contributed by atoms with van der Waals surface area (Å²) in [7, 11) is 0. The van der Waals surface area contributed by atoms with E-state index in [1.165, 1.54) is 22.3 Å². The van der Waals surface area contributed by atoms with E-state index in [4.69, 9.17) is 11.6 Å². The minimum atomic E-state index is 0.661. The Balaban J connectivity index is 2.19. The predicted octanol–water partition coefficient (Wildman–Crippen LogP) is 6.76. The van der Waals surface area contributed by atoms with E-state index in [1.54, 1.807) is 6.20 Å². The molecule has 0 unspecified atom stereocenters. The Morgan fingerprint density at radius 3 is 2.30 bits per heavy atom. The van der Waals surface area contributed by atoms with E-state index in [1.807, 2.05) is 12.1 Å². The zero-order chi connectivity index (χ0) is 16.6. The summed E-state index contributed by atoms with van der Waals surface area (Å²) < 4.78 is 1.03. The van der Waals surface area contributed by atoms with Crippen LogP contribution in [0.2, 0.25) is 5.02 Å². The van der Waals surface area contributed by atoms with Gasteiger partial charge in [0.1, 0.15) is 0 Å². The molecule has 0 amide bonds. The molecular weight excluding hydrogens is 370 g/mol. The number of benzene rings is 2. The average Bonchev–Trinajstić information content (AvgIpc) is 2.48. The number of aryl methyl sites for hydroxylation is 3. The molecule has 1 heterocycles. The molecule has 0 spiro atoms. The van der Waals surface area contributed by atoms with Gasteiger partial charge in [0.2, 0.25) is 0 Å². The molecule has 0 aliphatic heterocycles. The fraction of sp³-hybridized carbons (Fsp3) is 0.150. The van der Waals surface area contributed by atoms with E-state index in [2.05, 4.69) is 72.0 Å². The molecule has 0 aliphatic carbocycles. The molecular formula is C20H17BrClN. The lowest BCUT2D eigenvalue weighted by Crippen LogP contribution is -1.94. The normalized spacial score (nSPS) is 10.8. The van der Waals surface area contributed by atoms with Gasteiger partial charge in [-0.3, -0.25) is 4.98 Å². The molecule has 3 heteroatoms. The Labute approximate surface area is 150 Å². The third-order valence-electron chi connectivity index (χ3n) is 3.92. The zero-order valence-corrected chi connectivity index (χ0v) is 15.7. The van der Waals surface area contributed by atoms with Crippen LogP contribution in [0.1, 0.15) is 16.7 Å². The first-order valence-electron chi connectivity index (χ1n) is 7.45. The van der Waals surface area contributed by atoms with Crippen molar-refractivity contribution in [2.75, 3.05) is 0 Å². The first-order valence-corrected chi connectivity index (χ1v) is 8.62. The van der Waals surface area contributed by atoms with Crippen LogP contribution in [0.4, 0.5) is 0 Å². The van der Waals surface area contributed by atoms with Gasteiger partial charge in [-0.25, -0.2) is 0 Å². The van der Waals surface area contributed by atoms with Gasteiger partial charge in [0.05, 0.1) is 10.7 Å². The molecule has 116 valence electrons. The summed E-state index contributed by atoms with van der Waals surface area (Å²) in [5, 5.41) is 0.661. The van der Waals surface area contributed by atoms with Gasteiger partial charge in [-0.05, 0) is 55.7 Å². The second-order valence-electron chi connectivity index (χ2n) is 5.83. The van der Waals surface area contributed by atoms with Crippen LogP contribution in [0.15, 0.2) is 53.1 Å². The zero-order valence-electron chi connectivity index (χ0n) is 13.3. The molecule has 0 saturated carbocycles. The third-order valence-corrected chi connectivity index (χ3v) is 4.72. The summed E-state index contributed by atoms with van der Waals surface area (Å²) in [5.41, 5.74) is 7.95. The van der Waals surface area contributed by atoms with Gasteiger partial charge in [-0.2, -0.15) is 0 Å². The van der Waals surface area contributed by atoms with Gasteiger partial charge in [0, 0.05) is 21.8 Å². The number of rotatable bonds is 2. The fourth-order valence-corrected chi connectivity index (χ4v) is 3.65. The smallest absolute Gasteiger partial charge is 0.0714 e. The molecule has 3 rings (SSSR count). The maximum Gasteiger partial charge on any atom is 0.0714 e. The van der Waals surface area contributed by atoms with Crippen molar-refractivity contribution in [3.63, 3.8) is 0 Å². The number of hydrogen-bond acceptors (Lipinski definition) is 1. The number of nitrogens with zero attached hydrogens (tertiary/aromatic N) is 1. The van der Waals surface area contributed by atoms with Gasteiger partial charge in [-0.1, -0.05) is 57.4 Å². The van der Waals surface area contributed by atoms with E-state index < -0.39 is 0 Å². The van der Waals surface area contributed by atoms with Crippen LogP contribution in [0.25, 0.3) is 22.4 Å². The van der Waals surface area contributed by atoms with Crippen LogP contribution >= 0.6 is 27.5 Å². The summed E-state index contributed by atoms with van der Waals surface area (Å²) in [6.07, 6.45) is 1.74. The lowest BCUT2D eigenvalue weighted by Gasteiger charge is -2.13. The summed E-state index contributed by atoms with van der Waals surface area (Å²) in [6, 6.07) is 14.6. The minimum Gasteiger partial charge on any atom is -0.255 e. The maximum atomic E-state index is 6.40. The minimum absolute atomic E-state index is 0.661. The Morgan fingerprint density at radius 2 is 1.65 bits per heavy atom. The van der Waals surface area contributed by atoms with Crippen molar-refractivity contribution in [2.45, 2.75) is 20.8 Å². The quantitative estimate of drug-likeness (QED) is 0.474. The van der Waals surface area contributed by atoms with Crippen molar-refractivity contribution in [3.05, 3.63) is 74.8 Å². The van der Waals surface area contributed by atoms with Crippen molar-refractivity contribution in [1.29, 1.82) is 0 Å². The fourth-order valence-electron chi connectivity index (χ4n) is 3.04. The van der Waals surface area contributed by atoms with Crippen molar-refractivity contribution < 1.29 is 0 Å². The van der Waals surface area contributed by atoms with Crippen LogP contribution in [0, 0.1) is 20.8 Å². The second kappa shape index (κ2) is 6.46. The van der Waals surface area contributed by atoms with Crippen molar-refractivity contribution in [1.82, 2.24) is 4.98 Å². The summed E-state index contributed by atoms with van der Waals surface area (Å²) in [4.78, 5) is 4.56. The summed E-state index contributed by atoms with van der Waals surface area (Å²) >= 11 is 9.92. The molecule has 0 aliphatic rings. The Hall–Kier alpha value is -1.64. The molecule has 0 atom stereocenters. The van der Waals surface area contributed by atoms with Gasteiger partial charge in [0.15, 0.2) is 0 Å². The number of hydrogen-bond donors (Lipinski definition) is 0. The molecule has 23 heavy (non-hydrogen) atoms. The van der Waals surface area contributed by atoms with Crippen molar-refractivity contribution in [3.8, 4) is 22.4 Å². The first-order chi connectivity index (χ1) is 11.0. The van der Waals surface area contributed by atoms with Gasteiger partial charge < -0.3 is 0 Å². The molecule has 0 N–H and O–H groups in total. The molecule has 0 radical (unpaired) electrons. The van der Waals surface area contributed by atoms with Crippen LogP contribution in [-0.4, -0.2) is 4.98 Å². The average molecular weight is 387 g/mol. The van der Waals surface area contributed by atoms with Crippen LogP contribution in [0.5, 0.6) is 0 Å². The molecule has 0 fully saturated rings. The molecule has 1 nitrogen and oxygen atoms in total. The molecule has 1 aromatic heterocycles. The second-order valence-corrected chi connectivity index (χ2v) is 7.16. The summed E-state index contributed by atoms with van der Waals surface area (Å²) in [6.45, 7) is 6.38. The number of aromatic nitrogens is 1. The highest BCUT2D eigenvalue weighted by molar-refractivity contribution is 9.10. The lowest BCUT2D eigenvalue weighted by molar-refractivity contribution is 1.26. The predicted molar refractivity (Wildman–Crippen MR) is 102 cm³/mol. The van der Waals surface area contributed by atoms with Gasteiger partial charge in [-0.15, -0.1) is 0 Å². The maximum absolute atomic E-state index is 6.40.